The first-order valence-electron chi connectivity index (χ1n) is 12.7. The van der Waals surface area contributed by atoms with Crippen LogP contribution in [-0.2, 0) is 16.1 Å². The fourth-order valence-corrected chi connectivity index (χ4v) is 6.88. The molecule has 0 bridgehead atoms. The van der Waals surface area contributed by atoms with Gasteiger partial charge in [0.05, 0.1) is 11.9 Å². The smallest absolute Gasteiger partial charge is 0.276 e. The third-order valence-electron chi connectivity index (χ3n) is 8.60. The lowest BCUT2D eigenvalue weighted by molar-refractivity contribution is -0.136. The molecule has 186 valence electrons. The summed E-state index contributed by atoms with van der Waals surface area (Å²) in [4.78, 5) is 55.9. The number of rotatable bonds is 3. The lowest BCUT2D eigenvalue weighted by atomic mass is 10.0. The molecule has 5 aliphatic rings. The summed E-state index contributed by atoms with van der Waals surface area (Å²) in [6.07, 6.45) is 5.91. The minimum Gasteiger partial charge on any atom is -0.335 e. The van der Waals surface area contributed by atoms with Gasteiger partial charge in [-0.05, 0) is 61.9 Å². The average molecular weight is 490 g/mol. The molecule has 0 spiro atoms. The predicted molar refractivity (Wildman–Crippen MR) is 125 cm³/mol. The molecule has 0 saturated carbocycles. The molecule has 5 aliphatic heterocycles. The summed E-state index contributed by atoms with van der Waals surface area (Å²) in [5, 5.41) is 10.7. The molecule has 0 aliphatic carbocycles. The molecular formula is C25H27N7O4. The maximum Gasteiger partial charge on any atom is 0.276 e. The highest BCUT2D eigenvalue weighted by Gasteiger charge is 2.49. The Morgan fingerprint density at radius 3 is 2.86 bits per heavy atom. The number of piperidine rings is 1. The molecule has 1 N–H and O–H groups in total. The Kier molecular flexibility index (Phi) is 4.79. The molecule has 4 amide bonds. The molecule has 4 fully saturated rings. The third-order valence-corrected chi connectivity index (χ3v) is 8.60. The van der Waals surface area contributed by atoms with Gasteiger partial charge in [-0.3, -0.25) is 29.4 Å². The van der Waals surface area contributed by atoms with E-state index in [1.807, 2.05) is 11.0 Å². The molecule has 0 radical (unpaired) electrons. The summed E-state index contributed by atoms with van der Waals surface area (Å²) in [5.41, 5.74) is 2.31. The van der Waals surface area contributed by atoms with Gasteiger partial charge in [-0.15, -0.1) is 5.10 Å². The van der Waals surface area contributed by atoms with E-state index in [-0.39, 0.29) is 30.7 Å². The molecule has 36 heavy (non-hydrogen) atoms. The maximum atomic E-state index is 13.2. The maximum absolute atomic E-state index is 13.2. The SMILES string of the molecule is O=C1CCC(N2Cc3cc(-n4cc(C(=O)N5C[C@H]6CC7CCCN7[C@H]6C5)nn4)ccc3C2=O)C(=O)N1. The van der Waals surface area contributed by atoms with Crippen molar-refractivity contribution < 1.29 is 19.2 Å². The molecule has 4 atom stereocenters. The van der Waals surface area contributed by atoms with E-state index in [0.29, 0.717) is 41.4 Å². The Hall–Kier alpha value is -3.60. The minimum absolute atomic E-state index is 0.0910. The summed E-state index contributed by atoms with van der Waals surface area (Å²) < 4.78 is 1.56. The van der Waals surface area contributed by atoms with Gasteiger partial charge in [0.1, 0.15) is 6.04 Å². The number of imide groups is 1. The van der Waals surface area contributed by atoms with Gasteiger partial charge in [-0.25, -0.2) is 4.68 Å². The largest absolute Gasteiger partial charge is 0.335 e. The van der Waals surface area contributed by atoms with Crippen LogP contribution in [0.3, 0.4) is 0 Å². The fourth-order valence-electron chi connectivity index (χ4n) is 6.88. The van der Waals surface area contributed by atoms with Crippen LogP contribution in [0.2, 0.25) is 0 Å². The van der Waals surface area contributed by atoms with E-state index < -0.39 is 11.9 Å². The molecule has 2 aromatic rings. The van der Waals surface area contributed by atoms with Crippen LogP contribution in [0.15, 0.2) is 24.4 Å². The number of nitrogens with one attached hydrogen (secondary N) is 1. The number of likely N-dealkylation sites (tertiary alicyclic amines) is 1. The number of benzene rings is 1. The number of hydrogen-bond donors (Lipinski definition) is 1. The lowest BCUT2D eigenvalue weighted by Crippen LogP contribution is -2.52. The summed E-state index contributed by atoms with van der Waals surface area (Å²) >= 11 is 0. The van der Waals surface area contributed by atoms with E-state index in [1.165, 1.54) is 24.2 Å². The van der Waals surface area contributed by atoms with Crippen LogP contribution in [0.5, 0.6) is 0 Å². The van der Waals surface area contributed by atoms with Crippen LogP contribution in [0, 0.1) is 5.92 Å². The summed E-state index contributed by atoms with van der Waals surface area (Å²) in [5.74, 6) is -0.502. The minimum atomic E-state index is -0.655. The van der Waals surface area contributed by atoms with Gasteiger partial charge < -0.3 is 9.80 Å². The molecule has 6 heterocycles. The number of carbonyl (C=O) groups excluding carboxylic acids is 4. The van der Waals surface area contributed by atoms with Gasteiger partial charge in [0, 0.05) is 43.7 Å². The lowest BCUT2D eigenvalue weighted by Gasteiger charge is -2.29. The van der Waals surface area contributed by atoms with Crippen molar-refractivity contribution in [2.75, 3.05) is 19.6 Å². The van der Waals surface area contributed by atoms with Crippen molar-refractivity contribution in [3.8, 4) is 5.69 Å². The molecule has 11 nitrogen and oxygen atoms in total. The first kappa shape index (κ1) is 21.7. The number of fused-ring (bicyclic) bond motifs is 4. The van der Waals surface area contributed by atoms with Crippen LogP contribution in [0.1, 0.15) is 58.5 Å². The van der Waals surface area contributed by atoms with Crippen molar-refractivity contribution >= 4 is 23.6 Å². The van der Waals surface area contributed by atoms with Crippen molar-refractivity contribution in [3.05, 3.63) is 41.2 Å². The zero-order chi connectivity index (χ0) is 24.6. The second-order valence-electron chi connectivity index (χ2n) is 10.6. The van der Waals surface area contributed by atoms with Gasteiger partial charge in [-0.1, -0.05) is 5.21 Å². The molecule has 1 aromatic carbocycles. The molecular weight excluding hydrogens is 462 g/mol. The molecule has 11 heteroatoms. The Morgan fingerprint density at radius 1 is 1.11 bits per heavy atom. The van der Waals surface area contributed by atoms with E-state index >= 15 is 0 Å². The zero-order valence-corrected chi connectivity index (χ0v) is 19.8. The molecule has 1 aromatic heterocycles. The third kappa shape index (κ3) is 3.29. The monoisotopic (exact) mass is 489 g/mol. The summed E-state index contributed by atoms with van der Waals surface area (Å²) in [6.45, 7) is 2.96. The quantitative estimate of drug-likeness (QED) is 0.617. The fraction of sp³-hybridized carbons (Fsp3) is 0.520. The van der Waals surface area contributed by atoms with Crippen LogP contribution in [-0.4, -0.2) is 91.1 Å². The molecule has 4 saturated heterocycles. The van der Waals surface area contributed by atoms with E-state index in [2.05, 4.69) is 20.5 Å². The molecule has 2 unspecified atom stereocenters. The second kappa shape index (κ2) is 7.95. The number of aromatic nitrogens is 3. The highest BCUT2D eigenvalue weighted by atomic mass is 16.2. The standard InChI is InChI=1S/C25H27N7O4/c33-22-6-5-20(23(34)26-22)31-11-14-8-17(3-4-18(14)24(31)35)32-12-19(27-28-32)25(36)29-10-15-9-16-2-1-7-30(16)21(15)13-29/h3-4,8,12,15-16,20-21H,1-2,5-7,9-11,13H2,(H,26,33,34)/t15-,16?,20?,21+/m1/s1. The van der Waals surface area contributed by atoms with Gasteiger partial charge in [-0.2, -0.15) is 0 Å². The van der Waals surface area contributed by atoms with Crippen molar-refractivity contribution in [2.24, 2.45) is 5.92 Å². The summed E-state index contributed by atoms with van der Waals surface area (Å²) in [6, 6.07) is 5.85. The van der Waals surface area contributed by atoms with Crippen molar-refractivity contribution in [2.45, 2.75) is 56.8 Å². The van der Waals surface area contributed by atoms with Crippen LogP contribution in [0.25, 0.3) is 5.69 Å². The number of hydrogen-bond acceptors (Lipinski definition) is 7. The average Bonchev–Trinajstić information content (AvgIpc) is 3.66. The first-order chi connectivity index (χ1) is 17.5. The Bertz CT molecular complexity index is 1310. The second-order valence-corrected chi connectivity index (χ2v) is 10.6. The van der Waals surface area contributed by atoms with Gasteiger partial charge >= 0.3 is 0 Å². The van der Waals surface area contributed by atoms with Crippen LogP contribution < -0.4 is 5.32 Å². The topological polar surface area (TPSA) is 121 Å². The zero-order valence-electron chi connectivity index (χ0n) is 19.8. The van der Waals surface area contributed by atoms with E-state index in [4.69, 9.17) is 0 Å². The van der Waals surface area contributed by atoms with E-state index in [9.17, 15) is 19.2 Å². The van der Waals surface area contributed by atoms with Crippen molar-refractivity contribution in [3.63, 3.8) is 0 Å². The molecule has 7 rings (SSSR count). The van der Waals surface area contributed by atoms with Gasteiger partial charge in [0.2, 0.25) is 11.8 Å². The first-order valence-corrected chi connectivity index (χ1v) is 12.7. The van der Waals surface area contributed by atoms with E-state index in [0.717, 1.165) is 25.2 Å². The normalized spacial score (nSPS) is 29.5. The Balaban J connectivity index is 1.06. The highest BCUT2D eigenvalue weighted by Crippen LogP contribution is 2.40. The van der Waals surface area contributed by atoms with Crippen molar-refractivity contribution in [1.82, 2.24) is 35.0 Å². The van der Waals surface area contributed by atoms with Gasteiger partial charge in [0.15, 0.2) is 5.69 Å². The summed E-state index contributed by atoms with van der Waals surface area (Å²) in [7, 11) is 0. The Labute approximate surface area is 207 Å². The Morgan fingerprint density at radius 2 is 2.00 bits per heavy atom. The number of nitrogens with zero attached hydrogens (tertiary/aromatic N) is 6. The van der Waals surface area contributed by atoms with Crippen molar-refractivity contribution in [1.29, 1.82) is 0 Å². The predicted octanol–water partition coefficient (Wildman–Crippen LogP) is 0.337. The highest BCUT2D eigenvalue weighted by molar-refractivity contribution is 6.05. The van der Waals surface area contributed by atoms with Crippen LogP contribution >= 0.6 is 0 Å². The van der Waals surface area contributed by atoms with Crippen LogP contribution in [0.4, 0.5) is 0 Å². The number of carbonyl (C=O) groups is 4. The van der Waals surface area contributed by atoms with Gasteiger partial charge in [0.25, 0.3) is 11.8 Å². The van der Waals surface area contributed by atoms with E-state index in [1.54, 1.807) is 23.0 Å². The number of amides is 4.